The molecule has 2 rings (SSSR count). The van der Waals surface area contributed by atoms with Crippen molar-refractivity contribution in [2.45, 2.75) is 4.90 Å². The molecule has 0 unspecified atom stereocenters. The highest BCUT2D eigenvalue weighted by atomic mass is 32.2. The Kier molecular flexibility index (Phi) is 5.30. The van der Waals surface area contributed by atoms with E-state index in [2.05, 4.69) is 9.44 Å². The lowest BCUT2D eigenvalue weighted by Crippen LogP contribution is -2.18. The standard InChI is InChI=1S/C14H15N3O6S2/c1-24(20,21)16-11-6-8-13(9-7-11)25(22,23)17-12-4-2-10(3-5-12)14(18)15-19/h2-9,16-17,19H,1H3,(H,15,18). The first-order valence-corrected chi connectivity index (χ1v) is 10.1. The zero-order chi connectivity index (χ0) is 18.7. The molecule has 1 amide bonds. The predicted molar refractivity (Wildman–Crippen MR) is 91.4 cm³/mol. The van der Waals surface area contributed by atoms with Crippen LogP contribution >= 0.6 is 0 Å². The summed E-state index contributed by atoms with van der Waals surface area (Å²) in [5.41, 5.74) is 2.08. The Bertz CT molecular complexity index is 968. The van der Waals surface area contributed by atoms with Crippen LogP contribution in [0, 0.1) is 0 Å². The Hall–Kier alpha value is -2.63. The molecule has 0 aromatic heterocycles. The number of rotatable bonds is 6. The van der Waals surface area contributed by atoms with Gasteiger partial charge in [0.15, 0.2) is 0 Å². The van der Waals surface area contributed by atoms with Crippen molar-refractivity contribution in [3.05, 3.63) is 54.1 Å². The summed E-state index contributed by atoms with van der Waals surface area (Å²) in [5, 5.41) is 8.53. The number of hydrogen-bond acceptors (Lipinski definition) is 6. The normalized spacial score (nSPS) is 11.6. The van der Waals surface area contributed by atoms with Crippen molar-refractivity contribution in [3.8, 4) is 0 Å². The van der Waals surface area contributed by atoms with E-state index in [1.807, 2.05) is 0 Å². The van der Waals surface area contributed by atoms with Crippen LogP contribution in [-0.4, -0.2) is 34.2 Å². The number of anilines is 2. The third kappa shape index (κ3) is 5.17. The van der Waals surface area contributed by atoms with Crippen molar-refractivity contribution >= 4 is 37.3 Å². The van der Waals surface area contributed by atoms with Gasteiger partial charge in [-0.15, -0.1) is 0 Å². The summed E-state index contributed by atoms with van der Waals surface area (Å²) in [7, 11) is -7.34. The summed E-state index contributed by atoms with van der Waals surface area (Å²) in [5.74, 6) is -0.719. The van der Waals surface area contributed by atoms with Gasteiger partial charge in [0.25, 0.3) is 15.9 Å². The van der Waals surface area contributed by atoms with E-state index in [0.29, 0.717) is 0 Å². The Balaban J connectivity index is 2.17. The van der Waals surface area contributed by atoms with E-state index in [-0.39, 0.29) is 21.8 Å². The molecule has 0 bridgehead atoms. The summed E-state index contributed by atoms with van der Waals surface area (Å²) in [4.78, 5) is 11.1. The Morgan fingerprint density at radius 3 is 1.80 bits per heavy atom. The summed E-state index contributed by atoms with van der Waals surface area (Å²) >= 11 is 0. The van der Waals surface area contributed by atoms with Crippen molar-refractivity contribution in [2.75, 3.05) is 15.7 Å². The van der Waals surface area contributed by atoms with E-state index in [9.17, 15) is 21.6 Å². The van der Waals surface area contributed by atoms with E-state index >= 15 is 0 Å². The Morgan fingerprint density at radius 1 is 0.840 bits per heavy atom. The summed E-state index contributed by atoms with van der Waals surface area (Å²) in [6, 6.07) is 10.6. The first-order valence-electron chi connectivity index (χ1n) is 6.76. The largest absolute Gasteiger partial charge is 0.288 e. The quantitative estimate of drug-likeness (QED) is 0.431. The average Bonchev–Trinajstić information content (AvgIpc) is 2.53. The molecular weight excluding hydrogens is 370 g/mol. The molecule has 0 aliphatic rings. The van der Waals surface area contributed by atoms with Gasteiger partial charge in [-0.3, -0.25) is 19.4 Å². The third-order valence-electron chi connectivity index (χ3n) is 2.97. The van der Waals surface area contributed by atoms with E-state index in [0.717, 1.165) is 6.26 Å². The molecule has 0 saturated heterocycles. The second kappa shape index (κ2) is 7.09. The molecule has 11 heteroatoms. The molecule has 2 aromatic carbocycles. The van der Waals surface area contributed by atoms with Crippen molar-refractivity contribution in [3.63, 3.8) is 0 Å². The average molecular weight is 385 g/mol. The van der Waals surface area contributed by atoms with Crippen LogP contribution < -0.4 is 14.9 Å². The van der Waals surface area contributed by atoms with Gasteiger partial charge in [-0.25, -0.2) is 22.3 Å². The van der Waals surface area contributed by atoms with Crippen LogP contribution in [-0.2, 0) is 20.0 Å². The maximum atomic E-state index is 12.3. The molecule has 9 nitrogen and oxygen atoms in total. The SMILES string of the molecule is CS(=O)(=O)Nc1ccc(S(=O)(=O)Nc2ccc(C(=O)NO)cc2)cc1. The molecular formula is C14H15N3O6S2. The number of amides is 1. The smallest absolute Gasteiger partial charge is 0.274 e. The maximum absolute atomic E-state index is 12.3. The van der Waals surface area contributed by atoms with E-state index in [1.165, 1.54) is 54.0 Å². The first-order chi connectivity index (χ1) is 11.6. The summed E-state index contributed by atoms with van der Waals surface area (Å²) in [6.07, 6.45) is 0.986. The molecule has 4 N–H and O–H groups in total. The Morgan fingerprint density at radius 2 is 1.32 bits per heavy atom. The minimum atomic E-state index is -3.89. The molecule has 2 aromatic rings. The van der Waals surface area contributed by atoms with E-state index in [1.54, 1.807) is 0 Å². The fourth-order valence-corrected chi connectivity index (χ4v) is 3.51. The van der Waals surface area contributed by atoms with Gasteiger partial charge >= 0.3 is 0 Å². The van der Waals surface area contributed by atoms with Crippen molar-refractivity contribution in [1.29, 1.82) is 0 Å². The molecule has 0 aliphatic carbocycles. The molecule has 134 valence electrons. The van der Waals surface area contributed by atoms with Crippen LogP contribution in [0.1, 0.15) is 10.4 Å². The van der Waals surface area contributed by atoms with Gasteiger partial charge in [-0.05, 0) is 48.5 Å². The number of nitrogens with one attached hydrogen (secondary N) is 3. The molecule has 0 radical (unpaired) electrons. The third-order valence-corrected chi connectivity index (χ3v) is 4.97. The highest BCUT2D eigenvalue weighted by molar-refractivity contribution is 7.92. The lowest BCUT2D eigenvalue weighted by atomic mass is 10.2. The zero-order valence-electron chi connectivity index (χ0n) is 12.9. The number of carbonyl (C=O) groups is 1. The minimum Gasteiger partial charge on any atom is -0.288 e. The van der Waals surface area contributed by atoms with E-state index < -0.39 is 26.0 Å². The van der Waals surface area contributed by atoms with Gasteiger partial charge in [0.2, 0.25) is 10.0 Å². The van der Waals surface area contributed by atoms with Gasteiger partial charge in [0.1, 0.15) is 0 Å². The lowest BCUT2D eigenvalue weighted by molar-refractivity contribution is 0.0706. The summed E-state index contributed by atoms with van der Waals surface area (Å²) in [6.45, 7) is 0. The van der Waals surface area contributed by atoms with Gasteiger partial charge < -0.3 is 0 Å². The lowest BCUT2D eigenvalue weighted by Gasteiger charge is -2.10. The summed E-state index contributed by atoms with van der Waals surface area (Å²) < 4.78 is 51.4. The number of hydroxylamine groups is 1. The van der Waals surface area contributed by atoms with Gasteiger partial charge in [-0.1, -0.05) is 0 Å². The second-order valence-corrected chi connectivity index (χ2v) is 8.45. The van der Waals surface area contributed by atoms with Crippen LogP contribution in [0.15, 0.2) is 53.4 Å². The number of sulfonamides is 2. The van der Waals surface area contributed by atoms with Crippen LogP contribution in [0.2, 0.25) is 0 Å². The monoisotopic (exact) mass is 385 g/mol. The molecule has 0 fully saturated rings. The highest BCUT2D eigenvalue weighted by Crippen LogP contribution is 2.19. The van der Waals surface area contributed by atoms with Gasteiger partial charge in [0.05, 0.1) is 11.2 Å². The highest BCUT2D eigenvalue weighted by Gasteiger charge is 2.15. The number of benzene rings is 2. The molecule has 25 heavy (non-hydrogen) atoms. The van der Waals surface area contributed by atoms with Crippen LogP contribution in [0.25, 0.3) is 0 Å². The first kappa shape index (κ1) is 18.7. The fraction of sp³-hybridized carbons (Fsp3) is 0.0714. The van der Waals surface area contributed by atoms with Crippen LogP contribution in [0.4, 0.5) is 11.4 Å². The van der Waals surface area contributed by atoms with Crippen LogP contribution in [0.3, 0.4) is 0 Å². The predicted octanol–water partition coefficient (Wildman–Crippen LogP) is 0.978. The zero-order valence-corrected chi connectivity index (χ0v) is 14.6. The van der Waals surface area contributed by atoms with E-state index in [4.69, 9.17) is 5.21 Å². The number of carbonyl (C=O) groups excluding carboxylic acids is 1. The van der Waals surface area contributed by atoms with Crippen molar-refractivity contribution in [2.24, 2.45) is 0 Å². The molecule has 0 aliphatic heterocycles. The van der Waals surface area contributed by atoms with Crippen LogP contribution in [0.5, 0.6) is 0 Å². The minimum absolute atomic E-state index is 0.0660. The van der Waals surface area contributed by atoms with Crippen molar-refractivity contribution in [1.82, 2.24) is 5.48 Å². The molecule has 0 saturated carbocycles. The van der Waals surface area contributed by atoms with Crippen molar-refractivity contribution < 1.29 is 26.8 Å². The topological polar surface area (TPSA) is 142 Å². The van der Waals surface area contributed by atoms with Gasteiger partial charge in [0, 0.05) is 16.9 Å². The second-order valence-electron chi connectivity index (χ2n) is 5.02. The number of hydrogen-bond donors (Lipinski definition) is 4. The Labute approximate surface area is 144 Å². The fourth-order valence-electron chi connectivity index (χ4n) is 1.88. The molecule has 0 spiro atoms. The maximum Gasteiger partial charge on any atom is 0.274 e. The van der Waals surface area contributed by atoms with Gasteiger partial charge in [-0.2, -0.15) is 0 Å². The molecule has 0 heterocycles. The molecule has 0 atom stereocenters.